The Kier molecular flexibility index (Phi) is 2.93. The quantitative estimate of drug-likeness (QED) is 0.884. The Labute approximate surface area is 110 Å². The number of carbonyl (C=O) groups is 1. The van der Waals surface area contributed by atoms with Gasteiger partial charge in [-0.3, -0.25) is 9.69 Å². The first-order valence-corrected chi connectivity index (χ1v) is 6.48. The maximum Gasteiger partial charge on any atom is 0.317 e. The topological polar surface area (TPSA) is 49.8 Å². The molecule has 1 unspecified atom stereocenters. The first kappa shape index (κ1) is 12.4. The Hall–Kier alpha value is -1.62. The van der Waals surface area contributed by atoms with Gasteiger partial charge in [-0.1, -0.05) is 0 Å². The number of hydrogen-bond donors (Lipinski definition) is 1. The van der Waals surface area contributed by atoms with Crippen molar-refractivity contribution in [3.8, 4) is 5.75 Å². The molecule has 0 radical (unpaired) electrons. The van der Waals surface area contributed by atoms with Crippen molar-refractivity contribution in [2.24, 2.45) is 0 Å². The second-order valence-corrected chi connectivity index (χ2v) is 5.39. The maximum absolute atomic E-state index is 13.1. The van der Waals surface area contributed by atoms with Crippen LogP contribution < -0.4 is 4.74 Å². The first-order valence-electron chi connectivity index (χ1n) is 6.48. The van der Waals surface area contributed by atoms with Crippen molar-refractivity contribution >= 4 is 5.97 Å². The summed E-state index contributed by atoms with van der Waals surface area (Å²) in [6.45, 7) is 1.43. The minimum absolute atomic E-state index is 0.0569. The number of hydrogen-bond acceptors (Lipinski definition) is 3. The number of halogens is 1. The number of rotatable bonds is 2. The summed E-state index contributed by atoms with van der Waals surface area (Å²) in [5.74, 6) is -0.308. The fourth-order valence-electron chi connectivity index (χ4n) is 3.03. The van der Waals surface area contributed by atoms with Gasteiger partial charge in [-0.15, -0.1) is 0 Å². The summed E-state index contributed by atoms with van der Waals surface area (Å²) in [6.07, 6.45) is 2.44. The van der Waals surface area contributed by atoms with E-state index in [-0.39, 0.29) is 18.0 Å². The van der Waals surface area contributed by atoms with Crippen LogP contribution in [-0.4, -0.2) is 41.2 Å². The van der Waals surface area contributed by atoms with Gasteiger partial charge in [0.25, 0.3) is 0 Å². The van der Waals surface area contributed by atoms with Gasteiger partial charge in [-0.2, -0.15) is 0 Å². The monoisotopic (exact) mass is 265 g/mol. The van der Waals surface area contributed by atoms with Gasteiger partial charge in [0, 0.05) is 19.5 Å². The zero-order chi connectivity index (χ0) is 13.5. The summed E-state index contributed by atoms with van der Waals surface area (Å²) >= 11 is 0. The van der Waals surface area contributed by atoms with Crippen LogP contribution in [0.15, 0.2) is 18.2 Å². The lowest BCUT2D eigenvalue weighted by molar-refractivity contribution is -0.138. The number of carboxylic acid groups (broad SMARTS) is 1. The van der Waals surface area contributed by atoms with Crippen molar-refractivity contribution in [3.63, 3.8) is 0 Å². The smallest absolute Gasteiger partial charge is 0.317 e. The van der Waals surface area contributed by atoms with Gasteiger partial charge in [0.05, 0.1) is 6.54 Å². The molecule has 1 spiro atoms. The summed E-state index contributed by atoms with van der Waals surface area (Å²) in [5.41, 5.74) is 0.614. The highest BCUT2D eigenvalue weighted by Crippen LogP contribution is 2.38. The normalized spacial score (nSPS) is 26.2. The molecule has 102 valence electrons. The predicted molar refractivity (Wildman–Crippen MR) is 66.8 cm³/mol. The molecule has 2 aliphatic rings. The molecule has 2 heterocycles. The zero-order valence-electron chi connectivity index (χ0n) is 10.6. The van der Waals surface area contributed by atoms with E-state index in [1.807, 2.05) is 4.90 Å². The van der Waals surface area contributed by atoms with Crippen molar-refractivity contribution in [2.45, 2.75) is 24.9 Å². The van der Waals surface area contributed by atoms with Crippen LogP contribution in [0.3, 0.4) is 0 Å². The first-order chi connectivity index (χ1) is 9.06. The standard InChI is InChI=1S/C14H16FNO3/c15-11-1-2-12-10(7-11)3-4-14(19-12)5-6-16(9-14)8-13(17)18/h1-2,7H,3-6,8-9H2,(H,17,18). The Balaban J connectivity index is 1.75. The number of ether oxygens (including phenoxy) is 1. The third-order valence-corrected chi connectivity index (χ3v) is 3.95. The largest absolute Gasteiger partial charge is 0.486 e. The molecule has 0 amide bonds. The lowest BCUT2D eigenvalue weighted by atomic mass is 9.90. The average Bonchev–Trinajstić information content (AvgIpc) is 2.72. The fraction of sp³-hybridized carbons (Fsp3) is 0.500. The van der Waals surface area contributed by atoms with Gasteiger partial charge in [0.2, 0.25) is 0 Å². The third kappa shape index (κ3) is 2.42. The fourth-order valence-corrected chi connectivity index (χ4v) is 3.03. The molecule has 5 heteroatoms. The van der Waals surface area contributed by atoms with E-state index in [2.05, 4.69) is 0 Å². The Morgan fingerprint density at radius 1 is 1.47 bits per heavy atom. The lowest BCUT2D eigenvalue weighted by Crippen LogP contribution is -2.43. The Morgan fingerprint density at radius 2 is 2.32 bits per heavy atom. The number of nitrogens with zero attached hydrogens (tertiary/aromatic N) is 1. The molecule has 0 aromatic heterocycles. The van der Waals surface area contributed by atoms with E-state index in [0.717, 1.165) is 37.1 Å². The van der Waals surface area contributed by atoms with E-state index in [1.54, 1.807) is 6.07 Å². The predicted octanol–water partition coefficient (Wildman–Crippen LogP) is 1.68. The molecular formula is C14H16FNO3. The van der Waals surface area contributed by atoms with Crippen LogP contribution in [0.2, 0.25) is 0 Å². The molecule has 3 rings (SSSR count). The Bertz CT molecular complexity index is 519. The van der Waals surface area contributed by atoms with Crippen LogP contribution in [0.5, 0.6) is 5.75 Å². The number of aliphatic carboxylic acids is 1. The third-order valence-electron chi connectivity index (χ3n) is 3.95. The highest BCUT2D eigenvalue weighted by Gasteiger charge is 2.42. The van der Waals surface area contributed by atoms with Crippen LogP contribution in [0.1, 0.15) is 18.4 Å². The molecule has 1 saturated heterocycles. The molecule has 1 N–H and O–H groups in total. The molecule has 4 nitrogen and oxygen atoms in total. The molecule has 1 aromatic rings. The van der Waals surface area contributed by atoms with E-state index >= 15 is 0 Å². The number of benzene rings is 1. The van der Waals surface area contributed by atoms with Gasteiger partial charge in [0.1, 0.15) is 17.2 Å². The van der Waals surface area contributed by atoms with Crippen LogP contribution in [-0.2, 0) is 11.2 Å². The number of likely N-dealkylation sites (tertiary alicyclic amines) is 1. The van der Waals surface area contributed by atoms with E-state index in [9.17, 15) is 9.18 Å². The summed E-state index contributed by atoms with van der Waals surface area (Å²) in [6, 6.07) is 4.60. The molecule has 0 bridgehead atoms. The minimum atomic E-state index is -0.810. The molecule has 0 saturated carbocycles. The van der Waals surface area contributed by atoms with E-state index in [0.29, 0.717) is 6.54 Å². The second-order valence-electron chi connectivity index (χ2n) is 5.39. The highest BCUT2D eigenvalue weighted by atomic mass is 19.1. The summed E-state index contributed by atoms with van der Waals surface area (Å²) in [7, 11) is 0. The highest BCUT2D eigenvalue weighted by molar-refractivity contribution is 5.69. The molecule has 1 fully saturated rings. The second kappa shape index (κ2) is 4.49. The van der Waals surface area contributed by atoms with Gasteiger partial charge in [0.15, 0.2) is 0 Å². The van der Waals surface area contributed by atoms with Crippen molar-refractivity contribution < 1.29 is 19.0 Å². The van der Waals surface area contributed by atoms with Crippen molar-refractivity contribution in [1.82, 2.24) is 4.90 Å². The minimum Gasteiger partial charge on any atom is -0.486 e. The van der Waals surface area contributed by atoms with Crippen molar-refractivity contribution in [3.05, 3.63) is 29.6 Å². The van der Waals surface area contributed by atoms with Crippen molar-refractivity contribution in [1.29, 1.82) is 0 Å². The average molecular weight is 265 g/mol. The van der Waals surface area contributed by atoms with E-state index in [1.165, 1.54) is 12.1 Å². The molecule has 2 aliphatic heterocycles. The van der Waals surface area contributed by atoms with E-state index in [4.69, 9.17) is 9.84 Å². The van der Waals surface area contributed by atoms with Gasteiger partial charge >= 0.3 is 5.97 Å². The molecule has 1 aromatic carbocycles. The summed E-state index contributed by atoms with van der Waals surface area (Å²) in [4.78, 5) is 12.6. The number of carboxylic acids is 1. The lowest BCUT2D eigenvalue weighted by Gasteiger charge is -2.35. The molecule has 19 heavy (non-hydrogen) atoms. The zero-order valence-corrected chi connectivity index (χ0v) is 10.6. The summed E-state index contributed by atoms with van der Waals surface area (Å²) in [5, 5.41) is 8.82. The van der Waals surface area contributed by atoms with Crippen LogP contribution in [0, 0.1) is 5.82 Å². The van der Waals surface area contributed by atoms with Gasteiger partial charge < -0.3 is 9.84 Å². The molecule has 0 aliphatic carbocycles. The number of aryl methyl sites for hydroxylation is 1. The van der Waals surface area contributed by atoms with Crippen LogP contribution >= 0.6 is 0 Å². The SMILES string of the molecule is O=C(O)CN1CCC2(CCc3cc(F)ccc3O2)C1. The maximum atomic E-state index is 13.1. The van der Waals surface area contributed by atoms with Crippen LogP contribution in [0.25, 0.3) is 0 Å². The van der Waals surface area contributed by atoms with Gasteiger partial charge in [-0.05, 0) is 36.6 Å². The summed E-state index contributed by atoms with van der Waals surface area (Å²) < 4.78 is 19.2. The van der Waals surface area contributed by atoms with Crippen LogP contribution in [0.4, 0.5) is 4.39 Å². The number of fused-ring (bicyclic) bond motifs is 1. The molecule has 1 atom stereocenters. The van der Waals surface area contributed by atoms with Gasteiger partial charge in [-0.25, -0.2) is 4.39 Å². The van der Waals surface area contributed by atoms with E-state index < -0.39 is 5.97 Å². The molecular weight excluding hydrogens is 249 g/mol. The van der Waals surface area contributed by atoms with Crippen molar-refractivity contribution in [2.75, 3.05) is 19.6 Å². The Morgan fingerprint density at radius 3 is 3.11 bits per heavy atom.